The van der Waals surface area contributed by atoms with Crippen molar-refractivity contribution in [1.82, 2.24) is 9.80 Å². The van der Waals surface area contributed by atoms with Gasteiger partial charge in [0.1, 0.15) is 11.9 Å². The normalized spacial score (nSPS) is 18.1. The molecule has 0 aromatic heterocycles. The first-order chi connectivity index (χ1) is 9.99. The molecule has 0 bridgehead atoms. The first-order valence-corrected chi connectivity index (χ1v) is 7.00. The molecule has 0 radical (unpaired) electrons. The SMILES string of the molecule is CC(C(=O)O)N1CCCN(C(=O)c2ccc(F)cc2)CC1. The molecule has 6 heteroatoms. The highest BCUT2D eigenvalue weighted by Crippen LogP contribution is 2.12. The third-order valence-electron chi connectivity index (χ3n) is 3.81. The van der Waals surface area contributed by atoms with Gasteiger partial charge in [0.25, 0.3) is 5.91 Å². The fraction of sp³-hybridized carbons (Fsp3) is 0.467. The van der Waals surface area contributed by atoms with Crippen molar-refractivity contribution in [2.24, 2.45) is 0 Å². The molecule has 1 amide bonds. The summed E-state index contributed by atoms with van der Waals surface area (Å²) in [6.45, 7) is 3.90. The molecule has 1 N–H and O–H groups in total. The standard InChI is InChI=1S/C15H19FN2O3/c1-11(15(20)21)17-7-2-8-18(10-9-17)14(19)12-3-5-13(16)6-4-12/h3-6,11H,2,7-10H2,1H3,(H,20,21). The van der Waals surface area contributed by atoms with Gasteiger partial charge in [0.05, 0.1) is 0 Å². The van der Waals surface area contributed by atoms with E-state index in [2.05, 4.69) is 0 Å². The number of halogens is 1. The van der Waals surface area contributed by atoms with Gasteiger partial charge in [0, 0.05) is 31.7 Å². The maximum atomic E-state index is 12.9. The highest BCUT2D eigenvalue weighted by Gasteiger charge is 2.25. The predicted octanol–water partition coefficient (Wildman–Crippen LogP) is 1.45. The summed E-state index contributed by atoms with van der Waals surface area (Å²) >= 11 is 0. The topological polar surface area (TPSA) is 60.9 Å². The number of hydrogen-bond acceptors (Lipinski definition) is 3. The smallest absolute Gasteiger partial charge is 0.320 e. The Bertz CT molecular complexity index is 518. The number of carbonyl (C=O) groups excluding carboxylic acids is 1. The van der Waals surface area contributed by atoms with Crippen molar-refractivity contribution in [3.63, 3.8) is 0 Å². The Kier molecular flexibility index (Phi) is 4.90. The minimum absolute atomic E-state index is 0.139. The summed E-state index contributed by atoms with van der Waals surface area (Å²) < 4.78 is 12.9. The zero-order valence-corrected chi connectivity index (χ0v) is 12.0. The first kappa shape index (κ1) is 15.4. The molecule has 1 aliphatic rings. The number of benzene rings is 1. The molecule has 5 nitrogen and oxygen atoms in total. The molecule has 2 rings (SSSR count). The van der Waals surface area contributed by atoms with Gasteiger partial charge in [0.15, 0.2) is 0 Å². The maximum absolute atomic E-state index is 12.9. The molecule has 1 heterocycles. The summed E-state index contributed by atoms with van der Waals surface area (Å²) in [5.74, 6) is -1.36. The van der Waals surface area contributed by atoms with Gasteiger partial charge in [0.2, 0.25) is 0 Å². The molecule has 1 aromatic carbocycles. The quantitative estimate of drug-likeness (QED) is 0.916. The van der Waals surface area contributed by atoms with Crippen LogP contribution in [0.2, 0.25) is 0 Å². The molecule has 1 unspecified atom stereocenters. The van der Waals surface area contributed by atoms with E-state index in [4.69, 9.17) is 5.11 Å². The van der Waals surface area contributed by atoms with Crippen molar-refractivity contribution in [3.8, 4) is 0 Å². The molecule has 1 atom stereocenters. The third-order valence-corrected chi connectivity index (χ3v) is 3.81. The maximum Gasteiger partial charge on any atom is 0.320 e. The average Bonchev–Trinajstić information content (AvgIpc) is 2.72. The van der Waals surface area contributed by atoms with E-state index < -0.39 is 12.0 Å². The van der Waals surface area contributed by atoms with Crippen LogP contribution in [-0.2, 0) is 4.79 Å². The number of amides is 1. The average molecular weight is 294 g/mol. The van der Waals surface area contributed by atoms with Gasteiger partial charge in [-0.25, -0.2) is 4.39 Å². The van der Waals surface area contributed by atoms with Gasteiger partial charge in [-0.3, -0.25) is 14.5 Å². The molecule has 1 aromatic rings. The molecule has 0 aliphatic carbocycles. The molecule has 1 saturated heterocycles. The van der Waals surface area contributed by atoms with Crippen molar-refractivity contribution in [2.75, 3.05) is 26.2 Å². The van der Waals surface area contributed by atoms with Crippen LogP contribution < -0.4 is 0 Å². The second-order valence-electron chi connectivity index (χ2n) is 5.20. The van der Waals surface area contributed by atoms with Crippen LogP contribution in [-0.4, -0.2) is 59.0 Å². The van der Waals surface area contributed by atoms with E-state index in [1.807, 2.05) is 4.90 Å². The van der Waals surface area contributed by atoms with E-state index >= 15 is 0 Å². The lowest BCUT2D eigenvalue weighted by atomic mass is 10.2. The minimum Gasteiger partial charge on any atom is -0.480 e. The van der Waals surface area contributed by atoms with Gasteiger partial charge >= 0.3 is 5.97 Å². The zero-order chi connectivity index (χ0) is 15.4. The van der Waals surface area contributed by atoms with E-state index in [9.17, 15) is 14.0 Å². The number of carboxylic acid groups (broad SMARTS) is 1. The zero-order valence-electron chi connectivity index (χ0n) is 12.0. The molecule has 21 heavy (non-hydrogen) atoms. The highest BCUT2D eigenvalue weighted by atomic mass is 19.1. The predicted molar refractivity (Wildman–Crippen MR) is 75.6 cm³/mol. The fourth-order valence-corrected chi connectivity index (χ4v) is 2.46. The van der Waals surface area contributed by atoms with E-state index in [-0.39, 0.29) is 11.7 Å². The number of hydrogen-bond donors (Lipinski definition) is 1. The van der Waals surface area contributed by atoms with E-state index in [0.717, 1.165) is 6.42 Å². The van der Waals surface area contributed by atoms with Crippen molar-refractivity contribution in [2.45, 2.75) is 19.4 Å². The summed E-state index contributed by atoms with van der Waals surface area (Å²) in [6, 6.07) is 4.93. The van der Waals surface area contributed by atoms with Crippen LogP contribution in [0.25, 0.3) is 0 Å². The monoisotopic (exact) mass is 294 g/mol. The number of carboxylic acids is 1. The lowest BCUT2D eigenvalue weighted by Crippen LogP contribution is -2.42. The number of aliphatic carboxylic acids is 1. The molecule has 0 saturated carbocycles. The highest BCUT2D eigenvalue weighted by molar-refractivity contribution is 5.94. The summed E-state index contributed by atoms with van der Waals surface area (Å²) in [7, 11) is 0. The second-order valence-corrected chi connectivity index (χ2v) is 5.20. The van der Waals surface area contributed by atoms with Crippen LogP contribution >= 0.6 is 0 Å². The Labute approximate surface area is 123 Å². The van der Waals surface area contributed by atoms with Crippen LogP contribution in [0.3, 0.4) is 0 Å². The van der Waals surface area contributed by atoms with Crippen LogP contribution in [0.15, 0.2) is 24.3 Å². The summed E-state index contributed by atoms with van der Waals surface area (Å²) in [5, 5.41) is 9.05. The van der Waals surface area contributed by atoms with Gasteiger partial charge in [-0.15, -0.1) is 0 Å². The fourth-order valence-electron chi connectivity index (χ4n) is 2.46. The van der Waals surface area contributed by atoms with Crippen molar-refractivity contribution >= 4 is 11.9 Å². The largest absolute Gasteiger partial charge is 0.480 e. The first-order valence-electron chi connectivity index (χ1n) is 7.00. The lowest BCUT2D eigenvalue weighted by molar-refractivity contribution is -0.142. The van der Waals surface area contributed by atoms with Gasteiger partial charge in [-0.1, -0.05) is 0 Å². The van der Waals surface area contributed by atoms with Crippen LogP contribution in [0.5, 0.6) is 0 Å². The van der Waals surface area contributed by atoms with Crippen molar-refractivity contribution < 1.29 is 19.1 Å². The number of rotatable bonds is 3. The van der Waals surface area contributed by atoms with Crippen molar-refractivity contribution in [3.05, 3.63) is 35.6 Å². The second kappa shape index (κ2) is 6.67. The minimum atomic E-state index is -0.853. The molecule has 114 valence electrons. The van der Waals surface area contributed by atoms with Crippen molar-refractivity contribution in [1.29, 1.82) is 0 Å². The Morgan fingerprint density at radius 1 is 1.14 bits per heavy atom. The molecular formula is C15H19FN2O3. The van der Waals surface area contributed by atoms with E-state index in [1.165, 1.54) is 24.3 Å². The molecule has 0 spiro atoms. The van der Waals surface area contributed by atoms with E-state index in [0.29, 0.717) is 31.7 Å². The number of nitrogens with zero attached hydrogens (tertiary/aromatic N) is 2. The Balaban J connectivity index is 2.01. The Morgan fingerprint density at radius 2 is 1.81 bits per heavy atom. The van der Waals surface area contributed by atoms with Crippen LogP contribution in [0.4, 0.5) is 4.39 Å². The molecule has 1 fully saturated rings. The summed E-state index contributed by atoms with van der Waals surface area (Å²) in [6.07, 6.45) is 0.727. The summed E-state index contributed by atoms with van der Waals surface area (Å²) in [5.41, 5.74) is 0.455. The Morgan fingerprint density at radius 3 is 2.43 bits per heavy atom. The Hall–Kier alpha value is -1.95. The van der Waals surface area contributed by atoms with Crippen LogP contribution in [0, 0.1) is 5.82 Å². The van der Waals surface area contributed by atoms with E-state index in [1.54, 1.807) is 11.8 Å². The van der Waals surface area contributed by atoms with Gasteiger partial charge < -0.3 is 10.0 Å². The van der Waals surface area contributed by atoms with Crippen LogP contribution in [0.1, 0.15) is 23.7 Å². The van der Waals surface area contributed by atoms with Gasteiger partial charge in [-0.05, 0) is 37.6 Å². The number of carbonyl (C=O) groups is 2. The summed E-state index contributed by atoms with van der Waals surface area (Å²) in [4.78, 5) is 26.9. The third kappa shape index (κ3) is 3.78. The molecular weight excluding hydrogens is 275 g/mol. The molecule has 1 aliphatic heterocycles. The van der Waals surface area contributed by atoms with Gasteiger partial charge in [-0.2, -0.15) is 0 Å². The lowest BCUT2D eigenvalue weighted by Gasteiger charge is -2.24.